The lowest BCUT2D eigenvalue weighted by molar-refractivity contribution is 0.0263. The van der Waals surface area contributed by atoms with Crippen molar-refractivity contribution in [2.45, 2.75) is 6.42 Å². The topological polar surface area (TPSA) is 96.1 Å². The van der Waals surface area contributed by atoms with Gasteiger partial charge in [0.1, 0.15) is 0 Å². The molecule has 0 aromatic heterocycles. The van der Waals surface area contributed by atoms with E-state index in [2.05, 4.69) is 41.8 Å². The van der Waals surface area contributed by atoms with Gasteiger partial charge >= 0.3 is 0 Å². The van der Waals surface area contributed by atoms with E-state index in [1.807, 2.05) is 14.1 Å². The zero-order valence-corrected chi connectivity index (χ0v) is 33.1. The first-order valence-corrected chi connectivity index (χ1v) is 18.4. The molecule has 0 atom stereocenters. The van der Waals surface area contributed by atoms with Gasteiger partial charge in [-0.2, -0.15) is 0 Å². The van der Waals surface area contributed by atoms with Gasteiger partial charge in [-0.25, -0.2) is 0 Å². The Morgan fingerprint density at radius 3 is 1.27 bits per heavy atom. The van der Waals surface area contributed by atoms with Crippen molar-refractivity contribution < 1.29 is 33.2 Å². The Balaban J connectivity index is 0.000000593. The van der Waals surface area contributed by atoms with Crippen LogP contribution in [0.1, 0.15) is 6.42 Å². The number of likely N-dealkylation sites (N-methyl/N-ethyl adjacent to an activating group) is 2. The molecule has 14 heteroatoms. The minimum Gasteiger partial charge on any atom is -0.385 e. The van der Waals surface area contributed by atoms with E-state index < -0.39 is 0 Å². The smallest absolute Gasteiger partial charge is 0.0594 e. The summed E-state index contributed by atoms with van der Waals surface area (Å²) in [6.07, 6.45) is 1.14. The van der Waals surface area contributed by atoms with E-state index in [1.54, 1.807) is 35.5 Å². The molecule has 0 aliphatic carbocycles. The number of hydrogen-bond donors (Lipinski definition) is 1. The average Bonchev–Trinajstić information content (AvgIpc) is 3.14. The monoisotopic (exact) mass is 710 g/mol. The Morgan fingerprint density at radius 2 is 0.878 bits per heavy atom. The van der Waals surface area contributed by atoms with Crippen LogP contribution in [0.15, 0.2) is 0 Å². The van der Waals surface area contributed by atoms with Gasteiger partial charge in [-0.1, -0.05) is 0 Å². The summed E-state index contributed by atoms with van der Waals surface area (Å²) < 4.78 is 35.2. The van der Waals surface area contributed by atoms with E-state index in [1.165, 1.54) is 39.3 Å². The number of hydrogen-bond acceptors (Lipinski definition) is 14. The van der Waals surface area contributed by atoms with Crippen LogP contribution < -0.4 is 5.32 Å². The van der Waals surface area contributed by atoms with E-state index in [-0.39, 0.29) is 0 Å². The lowest BCUT2D eigenvalue weighted by Gasteiger charge is -2.31. The first kappa shape index (κ1) is 48.4. The number of ether oxygens (including phenoxy) is 7. The summed E-state index contributed by atoms with van der Waals surface area (Å²) in [5, 5.41) is 3.31. The lowest BCUT2D eigenvalue weighted by Crippen LogP contribution is -2.45. The van der Waals surface area contributed by atoms with Crippen LogP contribution in [0.2, 0.25) is 0 Å². The molecule has 0 spiro atoms. The van der Waals surface area contributed by atoms with Crippen LogP contribution in [0.4, 0.5) is 0 Å². The maximum Gasteiger partial charge on any atom is 0.0594 e. The SMILES string of the molecule is COCCCN1CCOCC1.COCCN(C)C.COCCN1CCN(C)CC1.COCCN1CCNCC1.COCCN1CCOCC1. The van der Waals surface area contributed by atoms with Crippen molar-refractivity contribution in [3.8, 4) is 0 Å². The van der Waals surface area contributed by atoms with Gasteiger partial charge in [0, 0.05) is 153 Å². The number of methoxy groups -OCH3 is 5. The van der Waals surface area contributed by atoms with Crippen molar-refractivity contribution in [3.05, 3.63) is 0 Å². The van der Waals surface area contributed by atoms with Gasteiger partial charge in [0.25, 0.3) is 0 Å². The fourth-order valence-corrected chi connectivity index (χ4v) is 5.02. The third-order valence-electron chi connectivity index (χ3n) is 8.41. The largest absolute Gasteiger partial charge is 0.385 e. The maximum atomic E-state index is 5.23. The fourth-order valence-electron chi connectivity index (χ4n) is 5.02. The van der Waals surface area contributed by atoms with Gasteiger partial charge in [-0.05, 0) is 27.6 Å². The summed E-state index contributed by atoms with van der Waals surface area (Å²) in [6, 6.07) is 0. The van der Waals surface area contributed by atoms with Gasteiger partial charge in [0.2, 0.25) is 0 Å². The van der Waals surface area contributed by atoms with Gasteiger partial charge in [0.15, 0.2) is 0 Å². The molecule has 0 saturated carbocycles. The Kier molecular flexibility index (Phi) is 36.8. The second-order valence-corrected chi connectivity index (χ2v) is 12.8. The predicted molar refractivity (Wildman–Crippen MR) is 200 cm³/mol. The second-order valence-electron chi connectivity index (χ2n) is 12.8. The quantitative estimate of drug-likeness (QED) is 0.217. The van der Waals surface area contributed by atoms with Gasteiger partial charge in [0.05, 0.1) is 52.9 Å². The minimum absolute atomic E-state index is 0.826. The molecule has 0 aromatic rings. The van der Waals surface area contributed by atoms with Gasteiger partial charge < -0.3 is 48.3 Å². The number of rotatable bonds is 16. The van der Waals surface area contributed by atoms with Crippen LogP contribution in [0.5, 0.6) is 0 Å². The van der Waals surface area contributed by atoms with Crippen LogP contribution >= 0.6 is 0 Å². The van der Waals surface area contributed by atoms with Crippen LogP contribution in [0.25, 0.3) is 0 Å². The molecule has 4 aliphatic heterocycles. The van der Waals surface area contributed by atoms with E-state index >= 15 is 0 Å². The summed E-state index contributed by atoms with van der Waals surface area (Å²) in [5.74, 6) is 0. The fraction of sp³-hybridized carbons (Fsp3) is 1.00. The molecule has 296 valence electrons. The van der Waals surface area contributed by atoms with E-state index in [4.69, 9.17) is 33.2 Å². The Hall–Kier alpha value is -0.560. The molecule has 0 bridgehead atoms. The standard InChI is InChI=1S/C8H18N2O.C8H17NO2.C7H16N2O.C7H15NO2.C5H13NO/c1-9-3-5-10(6-4-9)7-8-11-2;1-10-6-2-3-9-4-7-11-8-5-9;1-10-7-6-9-4-2-8-3-5-9;1-9-5-2-8-3-6-10-7-4-8;1-6(2)4-5-7-3/h3-8H2,1-2H3;2-8H2,1H3;8H,2-7H2,1H3;2-7H2,1H3;4-5H2,1-3H3. The summed E-state index contributed by atoms with van der Waals surface area (Å²) in [5.41, 5.74) is 0. The van der Waals surface area contributed by atoms with Crippen LogP contribution in [0.3, 0.4) is 0 Å². The van der Waals surface area contributed by atoms with E-state index in [0.29, 0.717) is 0 Å². The molecule has 0 amide bonds. The Bertz CT molecular complexity index is 611. The third kappa shape index (κ3) is 33.1. The number of morpholine rings is 2. The highest BCUT2D eigenvalue weighted by Gasteiger charge is 2.12. The number of nitrogens with one attached hydrogen (secondary N) is 1. The molecule has 4 aliphatic rings. The molecule has 14 nitrogen and oxygen atoms in total. The summed E-state index contributed by atoms with van der Waals surface area (Å²) >= 11 is 0. The summed E-state index contributed by atoms with van der Waals surface area (Å²) in [7, 11) is 14.9. The molecule has 4 saturated heterocycles. The van der Waals surface area contributed by atoms with Crippen molar-refractivity contribution in [2.75, 3.05) is 227 Å². The van der Waals surface area contributed by atoms with Crippen molar-refractivity contribution in [1.29, 1.82) is 0 Å². The van der Waals surface area contributed by atoms with Crippen LogP contribution in [0, 0.1) is 0 Å². The van der Waals surface area contributed by atoms with Crippen molar-refractivity contribution >= 4 is 0 Å². The van der Waals surface area contributed by atoms with Crippen molar-refractivity contribution in [2.24, 2.45) is 0 Å². The van der Waals surface area contributed by atoms with E-state index in [0.717, 1.165) is 138 Å². The average molecular weight is 710 g/mol. The molecule has 49 heavy (non-hydrogen) atoms. The van der Waals surface area contributed by atoms with Crippen LogP contribution in [-0.4, -0.2) is 257 Å². The molecule has 4 rings (SSSR count). The summed E-state index contributed by atoms with van der Waals surface area (Å²) in [6.45, 7) is 26.9. The lowest BCUT2D eigenvalue weighted by atomic mass is 10.3. The molecule has 0 unspecified atom stereocenters. The zero-order chi connectivity index (χ0) is 36.2. The Morgan fingerprint density at radius 1 is 0.490 bits per heavy atom. The highest BCUT2D eigenvalue weighted by atomic mass is 16.5. The third-order valence-corrected chi connectivity index (χ3v) is 8.41. The van der Waals surface area contributed by atoms with Crippen molar-refractivity contribution in [1.82, 2.24) is 34.7 Å². The maximum absolute atomic E-state index is 5.23. The number of piperazine rings is 2. The molecule has 0 radical (unpaired) electrons. The highest BCUT2D eigenvalue weighted by molar-refractivity contribution is 4.69. The highest BCUT2D eigenvalue weighted by Crippen LogP contribution is 1.99. The molecule has 4 heterocycles. The molecular formula is C35H79N7O7. The van der Waals surface area contributed by atoms with Gasteiger partial charge in [-0.15, -0.1) is 0 Å². The van der Waals surface area contributed by atoms with Gasteiger partial charge in [-0.3, -0.25) is 19.6 Å². The normalized spacial score (nSPS) is 19.8. The zero-order valence-electron chi connectivity index (χ0n) is 33.1. The molecule has 1 N–H and O–H groups in total. The minimum atomic E-state index is 0.826. The molecule has 0 aromatic carbocycles. The van der Waals surface area contributed by atoms with E-state index in [9.17, 15) is 0 Å². The second kappa shape index (κ2) is 37.2. The Labute approximate surface area is 301 Å². The first-order valence-electron chi connectivity index (χ1n) is 18.4. The first-order chi connectivity index (χ1) is 23.9. The molecular weight excluding hydrogens is 630 g/mol. The number of nitrogens with zero attached hydrogens (tertiary/aromatic N) is 6. The molecule has 4 fully saturated rings. The predicted octanol–water partition coefficient (Wildman–Crippen LogP) is -0.0673. The van der Waals surface area contributed by atoms with Crippen LogP contribution in [-0.2, 0) is 33.2 Å². The summed E-state index contributed by atoms with van der Waals surface area (Å²) in [4.78, 5) is 14.1. The van der Waals surface area contributed by atoms with Crippen molar-refractivity contribution in [3.63, 3.8) is 0 Å².